The molecule has 1 aliphatic rings. The van der Waals surface area contributed by atoms with E-state index in [1.165, 1.54) is 5.56 Å². The van der Waals surface area contributed by atoms with Crippen molar-refractivity contribution in [2.45, 2.75) is 31.3 Å². The van der Waals surface area contributed by atoms with E-state index in [1.807, 2.05) is 42.5 Å². The molecule has 0 saturated heterocycles. The highest BCUT2D eigenvalue weighted by molar-refractivity contribution is 6.31. The van der Waals surface area contributed by atoms with E-state index in [2.05, 4.69) is 22.8 Å². The number of rotatable bonds is 4. The zero-order valence-electron chi connectivity index (χ0n) is 12.3. The lowest BCUT2D eigenvalue weighted by atomic mass is 9.72. The Bertz CT molecular complexity index is 653. The maximum atomic E-state index is 12.2. The molecule has 114 valence electrons. The van der Waals surface area contributed by atoms with Crippen LogP contribution < -0.4 is 10.6 Å². The summed E-state index contributed by atoms with van der Waals surface area (Å²) < 4.78 is 0. The van der Waals surface area contributed by atoms with E-state index in [-0.39, 0.29) is 11.6 Å². The molecule has 0 unspecified atom stereocenters. The van der Waals surface area contributed by atoms with Crippen LogP contribution in [-0.2, 0) is 12.1 Å². The lowest BCUT2D eigenvalue weighted by Gasteiger charge is -2.43. The van der Waals surface area contributed by atoms with Crippen LogP contribution in [0.5, 0.6) is 0 Å². The van der Waals surface area contributed by atoms with Gasteiger partial charge in [0.25, 0.3) is 0 Å². The monoisotopic (exact) mass is 314 g/mol. The van der Waals surface area contributed by atoms with Crippen molar-refractivity contribution in [2.24, 2.45) is 0 Å². The third kappa shape index (κ3) is 3.09. The van der Waals surface area contributed by atoms with E-state index in [0.717, 1.165) is 24.8 Å². The summed E-state index contributed by atoms with van der Waals surface area (Å²) in [5, 5.41) is 6.71. The Morgan fingerprint density at radius 1 is 1.05 bits per heavy atom. The smallest absolute Gasteiger partial charge is 0.315 e. The number of benzene rings is 2. The summed E-state index contributed by atoms with van der Waals surface area (Å²) >= 11 is 6.10. The summed E-state index contributed by atoms with van der Waals surface area (Å²) in [6.45, 7) is 0.427. The minimum atomic E-state index is -0.216. The number of nitrogens with one attached hydrogen (secondary N) is 2. The second kappa shape index (κ2) is 6.41. The van der Waals surface area contributed by atoms with Crippen molar-refractivity contribution in [3.05, 3.63) is 70.7 Å². The van der Waals surface area contributed by atoms with Crippen molar-refractivity contribution in [1.29, 1.82) is 0 Å². The standard InChI is InChI=1S/C18H19ClN2O/c19-16-10-5-4-7-14(16)13-20-17(22)21-18(11-6-12-18)15-8-2-1-3-9-15/h1-5,7-10H,6,11-13H2,(H2,20,21,22). The maximum absolute atomic E-state index is 12.2. The van der Waals surface area contributed by atoms with Gasteiger partial charge in [-0.15, -0.1) is 0 Å². The third-order valence-corrected chi connectivity index (χ3v) is 4.65. The summed E-state index contributed by atoms with van der Waals surface area (Å²) in [5.74, 6) is 0. The van der Waals surface area contributed by atoms with E-state index in [0.29, 0.717) is 11.6 Å². The van der Waals surface area contributed by atoms with Crippen LogP contribution in [-0.4, -0.2) is 6.03 Å². The molecule has 2 N–H and O–H groups in total. The molecule has 0 atom stereocenters. The van der Waals surface area contributed by atoms with E-state index in [1.54, 1.807) is 0 Å². The molecule has 2 amide bonds. The van der Waals surface area contributed by atoms with Crippen LogP contribution in [0.1, 0.15) is 30.4 Å². The second-order valence-electron chi connectivity index (χ2n) is 5.70. The quantitative estimate of drug-likeness (QED) is 0.871. The number of hydrogen-bond donors (Lipinski definition) is 2. The molecule has 0 aromatic heterocycles. The van der Waals surface area contributed by atoms with Gasteiger partial charge in [0.1, 0.15) is 0 Å². The lowest BCUT2D eigenvalue weighted by molar-refractivity contribution is 0.177. The number of halogens is 1. The van der Waals surface area contributed by atoms with Gasteiger partial charge in [0.15, 0.2) is 0 Å². The van der Waals surface area contributed by atoms with Crippen molar-refractivity contribution in [3.63, 3.8) is 0 Å². The van der Waals surface area contributed by atoms with Crippen LogP contribution in [0.2, 0.25) is 5.02 Å². The summed E-state index contributed by atoms with van der Waals surface area (Å²) in [6, 6.07) is 17.6. The van der Waals surface area contributed by atoms with Gasteiger partial charge in [-0.1, -0.05) is 60.1 Å². The Morgan fingerprint density at radius 2 is 1.73 bits per heavy atom. The van der Waals surface area contributed by atoms with E-state index >= 15 is 0 Å². The molecule has 22 heavy (non-hydrogen) atoms. The molecular formula is C18H19ClN2O. The Hall–Kier alpha value is -2.00. The SMILES string of the molecule is O=C(NCc1ccccc1Cl)NC1(c2ccccc2)CCC1. The molecule has 1 aliphatic carbocycles. The molecule has 0 spiro atoms. The maximum Gasteiger partial charge on any atom is 0.315 e. The summed E-state index contributed by atoms with van der Waals surface area (Å²) in [5.41, 5.74) is 1.88. The van der Waals surface area contributed by atoms with Crippen LogP contribution in [0.25, 0.3) is 0 Å². The molecule has 2 aromatic carbocycles. The first-order chi connectivity index (χ1) is 10.7. The number of hydrogen-bond acceptors (Lipinski definition) is 1. The third-order valence-electron chi connectivity index (χ3n) is 4.28. The highest BCUT2D eigenvalue weighted by Gasteiger charge is 2.39. The molecule has 0 bridgehead atoms. The van der Waals surface area contributed by atoms with Crippen LogP contribution in [0, 0.1) is 0 Å². The molecule has 1 fully saturated rings. The van der Waals surface area contributed by atoms with Crippen molar-refractivity contribution < 1.29 is 4.79 Å². The number of urea groups is 1. The molecule has 2 aromatic rings. The molecule has 0 heterocycles. The van der Waals surface area contributed by atoms with Crippen LogP contribution in [0.3, 0.4) is 0 Å². The topological polar surface area (TPSA) is 41.1 Å². The van der Waals surface area contributed by atoms with E-state index in [9.17, 15) is 4.79 Å². The predicted molar refractivity (Wildman–Crippen MR) is 88.8 cm³/mol. The highest BCUT2D eigenvalue weighted by Crippen LogP contribution is 2.41. The molecule has 3 rings (SSSR count). The van der Waals surface area contributed by atoms with Gasteiger partial charge in [-0.25, -0.2) is 4.79 Å². The first kappa shape index (κ1) is 14.9. The molecule has 0 radical (unpaired) electrons. The summed E-state index contributed by atoms with van der Waals surface area (Å²) in [6.07, 6.45) is 3.10. The van der Waals surface area contributed by atoms with Crippen molar-refractivity contribution >= 4 is 17.6 Å². The van der Waals surface area contributed by atoms with Gasteiger partial charge in [-0.05, 0) is 36.5 Å². The van der Waals surface area contributed by atoms with Crippen molar-refractivity contribution in [2.75, 3.05) is 0 Å². The predicted octanol–water partition coefficient (Wildman–Crippen LogP) is 4.22. The summed E-state index contributed by atoms with van der Waals surface area (Å²) in [7, 11) is 0. The normalized spacial score (nSPS) is 15.7. The zero-order valence-corrected chi connectivity index (χ0v) is 13.1. The van der Waals surface area contributed by atoms with Crippen LogP contribution >= 0.6 is 11.6 Å². The molecule has 1 saturated carbocycles. The van der Waals surface area contributed by atoms with Gasteiger partial charge in [0, 0.05) is 11.6 Å². The van der Waals surface area contributed by atoms with Crippen LogP contribution in [0.4, 0.5) is 4.79 Å². The molecular weight excluding hydrogens is 296 g/mol. The minimum absolute atomic E-state index is 0.150. The number of amides is 2. The minimum Gasteiger partial charge on any atom is -0.334 e. The number of carbonyl (C=O) groups excluding carboxylic acids is 1. The number of carbonyl (C=O) groups is 1. The zero-order chi connectivity index (χ0) is 15.4. The van der Waals surface area contributed by atoms with Gasteiger partial charge in [-0.2, -0.15) is 0 Å². The first-order valence-corrected chi connectivity index (χ1v) is 7.92. The van der Waals surface area contributed by atoms with Gasteiger partial charge < -0.3 is 10.6 Å². The fourth-order valence-corrected chi connectivity index (χ4v) is 3.05. The van der Waals surface area contributed by atoms with Crippen molar-refractivity contribution in [1.82, 2.24) is 10.6 Å². The lowest BCUT2D eigenvalue weighted by Crippen LogP contribution is -2.53. The first-order valence-electron chi connectivity index (χ1n) is 7.55. The Labute approximate surface area is 135 Å². The fraction of sp³-hybridized carbons (Fsp3) is 0.278. The van der Waals surface area contributed by atoms with Crippen LogP contribution in [0.15, 0.2) is 54.6 Å². The van der Waals surface area contributed by atoms with E-state index in [4.69, 9.17) is 11.6 Å². The molecule has 3 nitrogen and oxygen atoms in total. The fourth-order valence-electron chi connectivity index (χ4n) is 2.85. The largest absolute Gasteiger partial charge is 0.334 e. The van der Waals surface area contributed by atoms with Gasteiger partial charge in [-0.3, -0.25) is 0 Å². The van der Waals surface area contributed by atoms with E-state index < -0.39 is 0 Å². The Morgan fingerprint density at radius 3 is 2.36 bits per heavy atom. The summed E-state index contributed by atoms with van der Waals surface area (Å²) in [4.78, 5) is 12.2. The Kier molecular flexibility index (Phi) is 4.34. The molecule has 4 heteroatoms. The van der Waals surface area contributed by atoms with Gasteiger partial charge in [0.2, 0.25) is 0 Å². The van der Waals surface area contributed by atoms with Gasteiger partial charge >= 0.3 is 6.03 Å². The van der Waals surface area contributed by atoms with Crippen molar-refractivity contribution in [3.8, 4) is 0 Å². The highest BCUT2D eigenvalue weighted by atomic mass is 35.5. The Balaban J connectivity index is 1.63. The van der Waals surface area contributed by atoms with Gasteiger partial charge in [0.05, 0.1) is 5.54 Å². The average Bonchev–Trinajstić information content (AvgIpc) is 2.51. The molecule has 0 aliphatic heterocycles. The second-order valence-corrected chi connectivity index (χ2v) is 6.11. The average molecular weight is 315 g/mol.